The number of aromatic nitrogens is 2. The molecule has 0 radical (unpaired) electrons. The maximum atomic E-state index is 11.0. The van der Waals surface area contributed by atoms with Crippen LogP contribution in [0.25, 0.3) is 33.8 Å². The molecule has 0 unspecified atom stereocenters. The molecule has 0 aliphatic carbocycles. The Morgan fingerprint density at radius 1 is 0.558 bits per heavy atom. The Kier molecular flexibility index (Phi) is 8.55. The summed E-state index contributed by atoms with van der Waals surface area (Å²) in [5.41, 5.74) is 11.3. The number of aromatic hydroxyl groups is 1. The summed E-state index contributed by atoms with van der Waals surface area (Å²) in [7, 11) is 0. The summed E-state index contributed by atoms with van der Waals surface area (Å²) in [6, 6.07) is 32.0. The van der Waals surface area contributed by atoms with Crippen LogP contribution in [-0.2, 0) is 5.41 Å². The fourth-order valence-corrected chi connectivity index (χ4v) is 5.56. The van der Waals surface area contributed by atoms with Gasteiger partial charge in [-0.25, -0.2) is 4.98 Å². The number of pyridine rings is 2. The Hall–Kier alpha value is -4.24. The van der Waals surface area contributed by atoms with E-state index < -0.39 is 0 Å². The first kappa shape index (κ1) is 30.2. The summed E-state index contributed by atoms with van der Waals surface area (Å²) < 4.78 is 0. The lowest BCUT2D eigenvalue weighted by molar-refractivity contribution is 0.477. The monoisotopic (exact) mass is 568 g/mol. The topological polar surface area (TPSA) is 46.0 Å². The van der Waals surface area contributed by atoms with Crippen LogP contribution in [0.5, 0.6) is 5.75 Å². The smallest absolute Gasteiger partial charge is 0.124 e. The molecule has 0 bridgehead atoms. The van der Waals surface area contributed by atoms with Crippen molar-refractivity contribution < 1.29 is 5.11 Å². The zero-order valence-corrected chi connectivity index (χ0v) is 26.8. The summed E-state index contributed by atoms with van der Waals surface area (Å²) in [4.78, 5) is 10.0. The fourth-order valence-electron chi connectivity index (χ4n) is 5.56. The van der Waals surface area contributed by atoms with Crippen LogP contribution in [0.2, 0.25) is 0 Å². The van der Waals surface area contributed by atoms with Crippen molar-refractivity contribution in [3.63, 3.8) is 0 Å². The van der Waals surface area contributed by atoms with Crippen LogP contribution in [0.3, 0.4) is 0 Å². The number of nitrogens with zero attached hydrogens (tertiary/aromatic N) is 2. The van der Waals surface area contributed by atoms with E-state index in [9.17, 15) is 5.11 Å². The molecule has 0 fully saturated rings. The van der Waals surface area contributed by atoms with Gasteiger partial charge in [0.25, 0.3) is 0 Å². The molecule has 3 heteroatoms. The van der Waals surface area contributed by atoms with Crippen LogP contribution in [0.4, 0.5) is 0 Å². The second-order valence-electron chi connectivity index (χ2n) is 13.2. The molecule has 3 aromatic carbocycles. The molecule has 0 saturated carbocycles. The van der Waals surface area contributed by atoms with Gasteiger partial charge >= 0.3 is 0 Å². The first-order valence-corrected chi connectivity index (χ1v) is 15.5. The van der Waals surface area contributed by atoms with Crippen LogP contribution in [-0.4, -0.2) is 15.1 Å². The minimum absolute atomic E-state index is 0.246. The molecule has 2 aromatic heterocycles. The highest BCUT2D eigenvalue weighted by molar-refractivity contribution is 5.76. The molecule has 0 atom stereocenters. The molecular weight excluding hydrogens is 524 g/mol. The van der Waals surface area contributed by atoms with Crippen LogP contribution in [0.1, 0.15) is 101 Å². The third-order valence-corrected chi connectivity index (χ3v) is 8.67. The van der Waals surface area contributed by atoms with Gasteiger partial charge in [0.1, 0.15) is 5.75 Å². The molecule has 0 spiro atoms. The molecule has 220 valence electrons. The summed E-state index contributed by atoms with van der Waals surface area (Å²) >= 11 is 0. The SMILES string of the molecule is CC(C)c1ccnc(-c2cc(-c3cc(C(C)C)cc(-c4cc(C(C)C)ccc4O)n3)cc(C(C)(C)c3ccccc3)c2)c1. The Labute approximate surface area is 257 Å². The molecule has 1 N–H and O–H groups in total. The molecular formula is C40H44N2O. The van der Waals surface area contributed by atoms with Gasteiger partial charge < -0.3 is 5.11 Å². The van der Waals surface area contributed by atoms with E-state index in [0.717, 1.165) is 33.8 Å². The largest absolute Gasteiger partial charge is 0.507 e. The predicted molar refractivity (Wildman–Crippen MR) is 181 cm³/mol. The molecule has 3 nitrogen and oxygen atoms in total. The first-order valence-electron chi connectivity index (χ1n) is 15.5. The first-order chi connectivity index (χ1) is 20.4. The lowest BCUT2D eigenvalue weighted by Crippen LogP contribution is -2.19. The number of rotatable bonds is 8. The van der Waals surface area contributed by atoms with E-state index in [1.807, 2.05) is 12.3 Å². The average Bonchev–Trinajstić information content (AvgIpc) is 3.01. The van der Waals surface area contributed by atoms with Crippen molar-refractivity contribution in [2.24, 2.45) is 0 Å². The van der Waals surface area contributed by atoms with Crippen molar-refractivity contribution in [2.75, 3.05) is 0 Å². The second-order valence-corrected chi connectivity index (χ2v) is 13.2. The van der Waals surface area contributed by atoms with Gasteiger partial charge in [-0.2, -0.15) is 0 Å². The van der Waals surface area contributed by atoms with Gasteiger partial charge in [0, 0.05) is 28.3 Å². The number of phenolic OH excluding ortho intramolecular Hbond substituents is 1. The van der Waals surface area contributed by atoms with E-state index >= 15 is 0 Å². The van der Waals surface area contributed by atoms with Gasteiger partial charge in [-0.3, -0.25) is 4.98 Å². The average molecular weight is 569 g/mol. The van der Waals surface area contributed by atoms with Gasteiger partial charge in [0.2, 0.25) is 0 Å². The third kappa shape index (κ3) is 6.41. The van der Waals surface area contributed by atoms with Crippen molar-refractivity contribution in [3.8, 4) is 39.5 Å². The lowest BCUT2D eigenvalue weighted by atomic mass is 9.76. The summed E-state index contributed by atoms with van der Waals surface area (Å²) in [5, 5.41) is 11.0. The Balaban J connectivity index is 1.76. The summed E-state index contributed by atoms with van der Waals surface area (Å²) in [6.07, 6.45) is 1.92. The van der Waals surface area contributed by atoms with Crippen LogP contribution in [0, 0.1) is 0 Å². The zero-order chi connectivity index (χ0) is 30.9. The van der Waals surface area contributed by atoms with E-state index in [-0.39, 0.29) is 11.2 Å². The van der Waals surface area contributed by atoms with Gasteiger partial charge in [-0.1, -0.05) is 91.8 Å². The van der Waals surface area contributed by atoms with E-state index in [4.69, 9.17) is 9.97 Å². The minimum atomic E-state index is -0.246. The number of hydrogen-bond acceptors (Lipinski definition) is 3. The number of hydrogen-bond donors (Lipinski definition) is 1. The maximum absolute atomic E-state index is 11.0. The number of phenols is 1. The summed E-state index contributed by atoms with van der Waals surface area (Å²) in [6.45, 7) is 17.7. The highest BCUT2D eigenvalue weighted by Gasteiger charge is 2.25. The Morgan fingerprint density at radius 2 is 1.14 bits per heavy atom. The van der Waals surface area contributed by atoms with Gasteiger partial charge in [0.15, 0.2) is 0 Å². The maximum Gasteiger partial charge on any atom is 0.124 e. The van der Waals surface area contributed by atoms with Crippen molar-refractivity contribution in [1.82, 2.24) is 9.97 Å². The molecule has 0 aliphatic rings. The molecule has 5 aromatic rings. The highest BCUT2D eigenvalue weighted by atomic mass is 16.3. The van der Waals surface area contributed by atoms with E-state index in [1.165, 1.54) is 27.8 Å². The van der Waals surface area contributed by atoms with Gasteiger partial charge in [0.05, 0.1) is 17.1 Å². The molecule has 0 aliphatic heterocycles. The minimum Gasteiger partial charge on any atom is -0.507 e. The molecule has 5 rings (SSSR count). The molecule has 0 amide bonds. The van der Waals surface area contributed by atoms with Crippen LogP contribution in [0.15, 0.2) is 97.2 Å². The second kappa shape index (κ2) is 12.2. The van der Waals surface area contributed by atoms with Crippen molar-refractivity contribution in [2.45, 2.75) is 78.6 Å². The van der Waals surface area contributed by atoms with Crippen molar-refractivity contribution in [3.05, 3.63) is 125 Å². The number of benzene rings is 3. The van der Waals surface area contributed by atoms with E-state index in [1.54, 1.807) is 6.07 Å². The molecule has 0 saturated heterocycles. The van der Waals surface area contributed by atoms with Crippen LogP contribution < -0.4 is 0 Å². The lowest BCUT2D eigenvalue weighted by Gasteiger charge is -2.27. The van der Waals surface area contributed by atoms with Gasteiger partial charge in [-0.05, 0) is 100 Å². The molecule has 2 heterocycles. The predicted octanol–water partition coefficient (Wildman–Crippen LogP) is 10.9. The van der Waals surface area contributed by atoms with E-state index in [2.05, 4.69) is 134 Å². The van der Waals surface area contributed by atoms with E-state index in [0.29, 0.717) is 17.8 Å². The standard InChI is InChI=1S/C40H44N2O/c1-25(2)28-14-15-39(43)35(21-28)38-24-30(27(5)6)23-37(42-38)32-18-31(36-22-29(26(3)4)16-17-41-36)19-34(20-32)40(7,8)33-12-10-9-11-13-33/h9-27,43H,1-8H3. The zero-order valence-electron chi connectivity index (χ0n) is 26.8. The van der Waals surface area contributed by atoms with Crippen molar-refractivity contribution in [1.29, 1.82) is 0 Å². The molecule has 43 heavy (non-hydrogen) atoms. The Morgan fingerprint density at radius 3 is 1.79 bits per heavy atom. The quantitative estimate of drug-likeness (QED) is 0.202. The fraction of sp³-hybridized carbons (Fsp3) is 0.300. The third-order valence-electron chi connectivity index (χ3n) is 8.67. The Bertz CT molecular complexity index is 1730. The summed E-state index contributed by atoms with van der Waals surface area (Å²) in [5.74, 6) is 1.30. The van der Waals surface area contributed by atoms with Crippen molar-refractivity contribution >= 4 is 0 Å². The van der Waals surface area contributed by atoms with Gasteiger partial charge in [-0.15, -0.1) is 0 Å². The normalized spacial score (nSPS) is 12.0. The van der Waals surface area contributed by atoms with Crippen LogP contribution >= 0.6 is 0 Å². The highest BCUT2D eigenvalue weighted by Crippen LogP contribution is 2.39.